The maximum Gasteiger partial charge on any atom is 0.127 e. The Bertz CT molecular complexity index is 705. The Labute approximate surface area is 133 Å². The molecule has 2 aliphatic rings. The van der Waals surface area contributed by atoms with Crippen LogP contribution in [0.2, 0.25) is 0 Å². The number of halogens is 1. The maximum absolute atomic E-state index is 14.0. The average molecular weight is 318 g/mol. The Morgan fingerprint density at radius 3 is 3.22 bits per heavy atom. The first kappa shape index (κ1) is 14.6. The van der Waals surface area contributed by atoms with E-state index in [1.54, 1.807) is 25.4 Å². The number of hydrogen-bond donors (Lipinski definition) is 0. The van der Waals surface area contributed by atoms with E-state index in [-0.39, 0.29) is 18.0 Å². The van der Waals surface area contributed by atoms with Crippen LogP contribution in [0.1, 0.15) is 23.7 Å². The number of hydrogen-bond acceptors (Lipinski definition) is 5. The van der Waals surface area contributed by atoms with Gasteiger partial charge in [0.15, 0.2) is 0 Å². The minimum absolute atomic E-state index is 0.142. The SMILES string of the molecule is COc1ccc(F)c(CN2CC[C@@H]3OCc4cnnn4[C@H]3C2)c1. The molecule has 2 aliphatic heterocycles. The van der Waals surface area contributed by atoms with Gasteiger partial charge in [-0.25, -0.2) is 9.07 Å². The summed E-state index contributed by atoms with van der Waals surface area (Å²) >= 11 is 0. The van der Waals surface area contributed by atoms with E-state index in [0.717, 1.165) is 25.2 Å². The zero-order valence-electron chi connectivity index (χ0n) is 13.0. The van der Waals surface area contributed by atoms with Crippen molar-refractivity contribution in [2.75, 3.05) is 20.2 Å². The smallest absolute Gasteiger partial charge is 0.127 e. The van der Waals surface area contributed by atoms with Crippen LogP contribution in [-0.4, -0.2) is 46.2 Å². The number of fused-ring (bicyclic) bond motifs is 3. The van der Waals surface area contributed by atoms with Gasteiger partial charge in [-0.1, -0.05) is 5.21 Å². The van der Waals surface area contributed by atoms with E-state index in [4.69, 9.17) is 9.47 Å². The topological polar surface area (TPSA) is 52.4 Å². The predicted molar refractivity (Wildman–Crippen MR) is 80.5 cm³/mol. The Balaban J connectivity index is 1.52. The number of nitrogens with zero attached hydrogens (tertiary/aromatic N) is 4. The van der Waals surface area contributed by atoms with Crippen LogP contribution in [0.4, 0.5) is 4.39 Å². The highest BCUT2D eigenvalue weighted by atomic mass is 19.1. The minimum Gasteiger partial charge on any atom is -0.497 e. The number of rotatable bonds is 3. The fraction of sp³-hybridized carbons (Fsp3) is 0.500. The normalized spacial score (nSPS) is 24.1. The third-order valence-electron chi connectivity index (χ3n) is 4.66. The van der Waals surface area contributed by atoms with Crippen LogP contribution >= 0.6 is 0 Å². The number of ether oxygens (including phenoxy) is 2. The van der Waals surface area contributed by atoms with Gasteiger partial charge in [0.1, 0.15) is 11.6 Å². The van der Waals surface area contributed by atoms with Gasteiger partial charge in [-0.2, -0.15) is 0 Å². The molecule has 0 N–H and O–H groups in total. The van der Waals surface area contributed by atoms with Gasteiger partial charge in [-0.3, -0.25) is 4.90 Å². The second-order valence-corrected chi connectivity index (χ2v) is 6.07. The first-order valence-corrected chi connectivity index (χ1v) is 7.80. The fourth-order valence-corrected chi connectivity index (χ4v) is 3.43. The van der Waals surface area contributed by atoms with Crippen molar-refractivity contribution in [3.05, 3.63) is 41.5 Å². The Morgan fingerprint density at radius 2 is 2.35 bits per heavy atom. The van der Waals surface area contributed by atoms with E-state index in [1.165, 1.54) is 6.07 Å². The van der Waals surface area contributed by atoms with E-state index in [1.807, 2.05) is 4.68 Å². The van der Waals surface area contributed by atoms with Crippen molar-refractivity contribution >= 4 is 0 Å². The molecule has 6 nitrogen and oxygen atoms in total. The molecule has 0 unspecified atom stereocenters. The minimum atomic E-state index is -0.200. The van der Waals surface area contributed by atoms with Crippen LogP contribution in [0.3, 0.4) is 0 Å². The van der Waals surface area contributed by atoms with Gasteiger partial charge in [0, 0.05) is 25.2 Å². The largest absolute Gasteiger partial charge is 0.497 e. The second kappa shape index (κ2) is 5.90. The molecular formula is C16H19FN4O2. The van der Waals surface area contributed by atoms with Gasteiger partial charge in [0.2, 0.25) is 0 Å². The third kappa shape index (κ3) is 2.70. The molecule has 2 atom stereocenters. The molecule has 122 valence electrons. The van der Waals surface area contributed by atoms with Crippen LogP contribution in [-0.2, 0) is 17.9 Å². The van der Waals surface area contributed by atoms with E-state index in [2.05, 4.69) is 15.2 Å². The van der Waals surface area contributed by atoms with E-state index in [9.17, 15) is 4.39 Å². The fourth-order valence-electron chi connectivity index (χ4n) is 3.43. The molecule has 1 saturated heterocycles. The monoisotopic (exact) mass is 318 g/mol. The maximum atomic E-state index is 14.0. The molecule has 4 rings (SSSR count). The lowest BCUT2D eigenvalue weighted by Crippen LogP contribution is -2.47. The first-order chi connectivity index (χ1) is 11.2. The lowest BCUT2D eigenvalue weighted by Gasteiger charge is -2.41. The Morgan fingerprint density at radius 1 is 1.43 bits per heavy atom. The highest BCUT2D eigenvalue weighted by molar-refractivity contribution is 5.29. The quantitative estimate of drug-likeness (QED) is 0.863. The summed E-state index contributed by atoms with van der Waals surface area (Å²) in [7, 11) is 1.59. The molecule has 23 heavy (non-hydrogen) atoms. The molecule has 0 aliphatic carbocycles. The van der Waals surface area contributed by atoms with Gasteiger partial charge in [-0.15, -0.1) is 5.10 Å². The molecule has 1 aromatic heterocycles. The third-order valence-corrected chi connectivity index (χ3v) is 4.66. The molecule has 2 aromatic rings. The lowest BCUT2D eigenvalue weighted by atomic mass is 9.99. The van der Waals surface area contributed by atoms with Crippen LogP contribution in [0.25, 0.3) is 0 Å². The van der Waals surface area contributed by atoms with Crippen molar-refractivity contribution in [3.8, 4) is 5.75 Å². The van der Waals surface area contributed by atoms with Crippen LogP contribution in [0, 0.1) is 5.82 Å². The number of benzene rings is 1. The van der Waals surface area contributed by atoms with Crippen molar-refractivity contribution in [1.29, 1.82) is 0 Å². The zero-order chi connectivity index (χ0) is 15.8. The van der Waals surface area contributed by atoms with Crippen LogP contribution in [0.5, 0.6) is 5.75 Å². The van der Waals surface area contributed by atoms with Crippen molar-refractivity contribution in [2.24, 2.45) is 0 Å². The van der Waals surface area contributed by atoms with Gasteiger partial charge in [0.05, 0.1) is 37.8 Å². The summed E-state index contributed by atoms with van der Waals surface area (Å²) in [5, 5.41) is 8.17. The predicted octanol–water partition coefficient (Wildman–Crippen LogP) is 1.77. The molecule has 1 aromatic carbocycles. The zero-order valence-corrected chi connectivity index (χ0v) is 13.0. The summed E-state index contributed by atoms with van der Waals surface area (Å²) in [6.07, 6.45) is 2.82. The summed E-state index contributed by atoms with van der Waals surface area (Å²) in [5.41, 5.74) is 1.65. The molecular weight excluding hydrogens is 299 g/mol. The van der Waals surface area contributed by atoms with Crippen molar-refractivity contribution in [3.63, 3.8) is 0 Å². The average Bonchev–Trinajstić information content (AvgIpc) is 3.06. The highest BCUT2D eigenvalue weighted by Gasteiger charge is 2.36. The molecule has 0 saturated carbocycles. The Hall–Kier alpha value is -1.99. The van der Waals surface area contributed by atoms with Crippen LogP contribution in [0.15, 0.2) is 24.4 Å². The van der Waals surface area contributed by atoms with Crippen molar-refractivity contribution in [2.45, 2.75) is 31.7 Å². The van der Waals surface area contributed by atoms with Gasteiger partial charge in [-0.05, 0) is 24.6 Å². The summed E-state index contributed by atoms with van der Waals surface area (Å²) < 4.78 is 27.1. The lowest BCUT2D eigenvalue weighted by molar-refractivity contribution is -0.0670. The van der Waals surface area contributed by atoms with Crippen LogP contribution < -0.4 is 4.74 Å². The van der Waals surface area contributed by atoms with Gasteiger partial charge >= 0.3 is 0 Å². The van der Waals surface area contributed by atoms with E-state index >= 15 is 0 Å². The molecule has 0 amide bonds. The molecule has 0 radical (unpaired) electrons. The highest BCUT2D eigenvalue weighted by Crippen LogP contribution is 2.31. The molecule has 7 heteroatoms. The first-order valence-electron chi connectivity index (χ1n) is 7.80. The molecule has 0 spiro atoms. The number of piperidine rings is 1. The summed E-state index contributed by atoms with van der Waals surface area (Å²) in [6.45, 7) is 2.77. The Kier molecular flexibility index (Phi) is 3.74. The van der Waals surface area contributed by atoms with E-state index < -0.39 is 0 Å². The van der Waals surface area contributed by atoms with Gasteiger partial charge < -0.3 is 9.47 Å². The van der Waals surface area contributed by atoms with Gasteiger partial charge in [0.25, 0.3) is 0 Å². The number of likely N-dealkylation sites (tertiary alicyclic amines) is 1. The molecule has 0 bridgehead atoms. The van der Waals surface area contributed by atoms with Crippen molar-refractivity contribution in [1.82, 2.24) is 19.9 Å². The summed E-state index contributed by atoms with van der Waals surface area (Å²) in [6, 6.07) is 5.00. The number of aromatic nitrogens is 3. The molecule has 1 fully saturated rings. The molecule has 3 heterocycles. The summed E-state index contributed by atoms with van der Waals surface area (Å²) in [5.74, 6) is 0.477. The second-order valence-electron chi connectivity index (χ2n) is 6.07. The van der Waals surface area contributed by atoms with Crippen molar-refractivity contribution < 1.29 is 13.9 Å². The number of methoxy groups -OCH3 is 1. The summed E-state index contributed by atoms with van der Waals surface area (Å²) in [4.78, 5) is 2.24. The van der Waals surface area contributed by atoms with E-state index in [0.29, 0.717) is 24.5 Å². The standard InChI is InChI=1S/C16H19FN4O2/c1-22-13-2-3-14(17)11(6-13)8-20-5-4-16-15(9-20)21-12(10-23-16)7-18-19-21/h2-3,6-7,15-16H,4-5,8-10H2,1H3/t15-,16-/m0/s1.